The third kappa shape index (κ3) is 7.38. The third-order valence-corrected chi connectivity index (χ3v) is 5.78. The maximum Gasteiger partial charge on any atom is 0.339 e. The lowest BCUT2D eigenvalue weighted by Gasteiger charge is -2.20. The molecule has 8 heteroatoms. The first-order chi connectivity index (χ1) is 18.3. The molecule has 3 aromatic rings. The summed E-state index contributed by atoms with van der Waals surface area (Å²) in [6.07, 6.45) is -0.585. The van der Waals surface area contributed by atoms with Crippen molar-refractivity contribution in [2.75, 3.05) is 26.9 Å². The summed E-state index contributed by atoms with van der Waals surface area (Å²) in [5, 5.41) is 18.7. The second-order valence-corrected chi connectivity index (χ2v) is 8.43. The predicted molar refractivity (Wildman–Crippen MR) is 141 cm³/mol. The van der Waals surface area contributed by atoms with Gasteiger partial charge in [0.15, 0.2) is 5.78 Å². The van der Waals surface area contributed by atoms with Crippen molar-refractivity contribution in [3.63, 3.8) is 0 Å². The summed E-state index contributed by atoms with van der Waals surface area (Å²) in [6, 6.07) is 19.9. The minimum Gasteiger partial charge on any atom is -0.491 e. The van der Waals surface area contributed by atoms with E-state index in [1.807, 2.05) is 0 Å². The Morgan fingerprint density at radius 1 is 0.921 bits per heavy atom. The minimum atomic E-state index is -1.11. The highest BCUT2D eigenvalue weighted by molar-refractivity contribution is 6.02. The third-order valence-electron chi connectivity index (χ3n) is 5.78. The smallest absolute Gasteiger partial charge is 0.339 e. The Labute approximate surface area is 221 Å². The van der Waals surface area contributed by atoms with E-state index in [0.29, 0.717) is 28.0 Å². The number of esters is 1. The van der Waals surface area contributed by atoms with Gasteiger partial charge < -0.3 is 24.4 Å². The number of ketones is 1. The van der Waals surface area contributed by atoms with Crippen LogP contribution in [0.15, 0.2) is 84.9 Å². The highest BCUT2D eigenvalue weighted by Gasteiger charge is 2.24. The fraction of sp³-hybridized carbons (Fsp3) is 0.233. The molecule has 8 nitrogen and oxygen atoms in total. The minimum absolute atomic E-state index is 0.0558. The summed E-state index contributed by atoms with van der Waals surface area (Å²) in [6.45, 7) is 3.78. The average molecular weight is 519 g/mol. The number of aliphatic hydroxyl groups is 1. The van der Waals surface area contributed by atoms with Crippen LogP contribution >= 0.6 is 0 Å². The van der Waals surface area contributed by atoms with Crippen LogP contribution in [0, 0.1) is 0 Å². The Morgan fingerprint density at radius 3 is 2.24 bits per heavy atom. The number of benzene rings is 3. The first kappa shape index (κ1) is 28.3. The summed E-state index contributed by atoms with van der Waals surface area (Å²) in [5.41, 5.74) is 1.96. The van der Waals surface area contributed by atoms with Crippen molar-refractivity contribution in [1.82, 2.24) is 0 Å². The highest BCUT2D eigenvalue weighted by atomic mass is 16.5. The Kier molecular flexibility index (Phi) is 10.3. The Morgan fingerprint density at radius 2 is 1.58 bits per heavy atom. The molecule has 0 radical (unpaired) electrons. The largest absolute Gasteiger partial charge is 0.491 e. The molecular weight excluding hydrogens is 488 g/mol. The van der Waals surface area contributed by atoms with Crippen molar-refractivity contribution in [1.29, 1.82) is 0 Å². The molecule has 3 aromatic carbocycles. The van der Waals surface area contributed by atoms with Gasteiger partial charge in [-0.05, 0) is 47.4 Å². The number of carboxylic acids is 1. The zero-order valence-corrected chi connectivity index (χ0v) is 21.1. The topological polar surface area (TPSA) is 119 Å². The van der Waals surface area contributed by atoms with Crippen LogP contribution in [0.3, 0.4) is 0 Å². The van der Waals surface area contributed by atoms with E-state index < -0.39 is 18.0 Å². The molecule has 2 N–H and O–H groups in total. The monoisotopic (exact) mass is 518 g/mol. The quantitative estimate of drug-likeness (QED) is 0.229. The van der Waals surface area contributed by atoms with Gasteiger partial charge in [-0.2, -0.15) is 0 Å². The summed E-state index contributed by atoms with van der Waals surface area (Å²) in [5.74, 6) is -1.52. The number of methoxy groups -OCH3 is 1. The summed E-state index contributed by atoms with van der Waals surface area (Å²) >= 11 is 0. The molecule has 0 aliphatic carbocycles. The van der Waals surface area contributed by atoms with Crippen LogP contribution in [0.5, 0.6) is 5.75 Å². The van der Waals surface area contributed by atoms with Gasteiger partial charge in [0.2, 0.25) is 0 Å². The molecule has 0 fully saturated rings. The molecular formula is C30H30O8. The maximum absolute atomic E-state index is 13.5. The number of carbonyl (C=O) groups excluding carboxylic acids is 2. The number of ether oxygens (including phenoxy) is 3. The van der Waals surface area contributed by atoms with E-state index in [9.17, 15) is 19.5 Å². The SMILES string of the molecule is C=C(COC)C(=O)CC[C@H](OC(=O)c1ccccc1-c1ccccc1C(=O)O)c1cccc(OCCO)c1. The second-order valence-electron chi connectivity index (χ2n) is 8.43. The van der Waals surface area contributed by atoms with Gasteiger partial charge in [0.25, 0.3) is 0 Å². The van der Waals surface area contributed by atoms with Crippen LogP contribution in [0.1, 0.15) is 45.2 Å². The predicted octanol–water partition coefficient (Wildman–Crippen LogP) is 4.87. The van der Waals surface area contributed by atoms with Crippen molar-refractivity contribution >= 4 is 17.7 Å². The van der Waals surface area contributed by atoms with E-state index in [2.05, 4.69) is 6.58 Å². The fourth-order valence-electron chi connectivity index (χ4n) is 3.95. The van der Waals surface area contributed by atoms with E-state index in [1.165, 1.54) is 13.2 Å². The summed E-state index contributed by atoms with van der Waals surface area (Å²) in [7, 11) is 1.47. The first-order valence-corrected chi connectivity index (χ1v) is 12.0. The molecule has 0 bridgehead atoms. The van der Waals surface area contributed by atoms with Gasteiger partial charge in [-0.1, -0.05) is 55.1 Å². The van der Waals surface area contributed by atoms with Gasteiger partial charge in [-0.25, -0.2) is 9.59 Å². The zero-order chi connectivity index (χ0) is 27.5. The van der Waals surface area contributed by atoms with E-state index in [-0.39, 0.29) is 49.6 Å². The molecule has 0 spiro atoms. The van der Waals surface area contributed by atoms with Crippen molar-refractivity contribution in [3.05, 3.63) is 102 Å². The van der Waals surface area contributed by atoms with Gasteiger partial charge in [-0.15, -0.1) is 0 Å². The van der Waals surface area contributed by atoms with Gasteiger partial charge in [0.1, 0.15) is 18.5 Å². The first-order valence-electron chi connectivity index (χ1n) is 12.0. The second kappa shape index (κ2) is 13.9. The summed E-state index contributed by atoms with van der Waals surface area (Å²) < 4.78 is 16.4. The lowest BCUT2D eigenvalue weighted by molar-refractivity contribution is -0.116. The van der Waals surface area contributed by atoms with Crippen LogP contribution in [0.2, 0.25) is 0 Å². The Bertz CT molecular complexity index is 1300. The van der Waals surface area contributed by atoms with E-state index in [0.717, 1.165) is 0 Å². The van der Waals surface area contributed by atoms with Gasteiger partial charge in [0, 0.05) is 19.1 Å². The molecule has 0 aromatic heterocycles. The van der Waals surface area contributed by atoms with Gasteiger partial charge in [-0.3, -0.25) is 4.79 Å². The van der Waals surface area contributed by atoms with E-state index in [4.69, 9.17) is 19.3 Å². The maximum atomic E-state index is 13.5. The number of carbonyl (C=O) groups is 3. The molecule has 38 heavy (non-hydrogen) atoms. The molecule has 0 aliphatic rings. The Balaban J connectivity index is 1.93. The normalized spacial score (nSPS) is 11.4. The van der Waals surface area contributed by atoms with Crippen LogP contribution in [0.4, 0.5) is 0 Å². The standard InChI is InChI=1S/C30H30O8/c1-20(19-36-2)27(32)14-15-28(21-8-7-9-22(18-21)37-17-16-31)38-30(35)26-13-6-4-11-24(26)23-10-3-5-12-25(23)29(33)34/h3-13,18,28,31H,1,14-17,19H2,2H3,(H,33,34)/t28-/m0/s1. The van der Waals surface area contributed by atoms with Crippen LogP contribution < -0.4 is 4.74 Å². The fourth-order valence-corrected chi connectivity index (χ4v) is 3.95. The molecule has 1 atom stereocenters. The molecule has 3 rings (SSSR count). The molecule has 198 valence electrons. The molecule has 0 unspecified atom stereocenters. The highest BCUT2D eigenvalue weighted by Crippen LogP contribution is 2.32. The summed E-state index contributed by atoms with van der Waals surface area (Å²) in [4.78, 5) is 37.8. The number of aromatic carboxylic acids is 1. The van der Waals surface area contributed by atoms with Crippen molar-refractivity contribution in [2.24, 2.45) is 0 Å². The Hall–Kier alpha value is -4.27. The van der Waals surface area contributed by atoms with Gasteiger partial charge >= 0.3 is 11.9 Å². The lowest BCUT2D eigenvalue weighted by atomic mass is 9.95. The number of rotatable bonds is 14. The van der Waals surface area contributed by atoms with E-state index in [1.54, 1.807) is 66.7 Å². The van der Waals surface area contributed by atoms with Crippen LogP contribution in [0.25, 0.3) is 11.1 Å². The number of hydrogen-bond acceptors (Lipinski definition) is 7. The lowest BCUT2D eigenvalue weighted by Crippen LogP contribution is -2.16. The average Bonchev–Trinajstić information content (AvgIpc) is 2.94. The van der Waals surface area contributed by atoms with Crippen molar-refractivity contribution in [2.45, 2.75) is 18.9 Å². The van der Waals surface area contributed by atoms with Crippen molar-refractivity contribution in [3.8, 4) is 16.9 Å². The van der Waals surface area contributed by atoms with E-state index >= 15 is 0 Å². The number of hydrogen-bond donors (Lipinski definition) is 2. The number of Topliss-reactive ketones (excluding diaryl/α,β-unsaturated/α-hetero) is 1. The van der Waals surface area contributed by atoms with Gasteiger partial charge in [0.05, 0.1) is 24.3 Å². The molecule has 0 saturated heterocycles. The molecule has 0 heterocycles. The van der Waals surface area contributed by atoms with Crippen molar-refractivity contribution < 1.29 is 38.8 Å². The molecule has 0 amide bonds. The number of aliphatic hydroxyl groups excluding tert-OH is 1. The van der Waals surface area contributed by atoms with Crippen LogP contribution in [-0.2, 0) is 14.3 Å². The molecule has 0 saturated carbocycles. The van der Waals surface area contributed by atoms with Crippen LogP contribution in [-0.4, -0.2) is 54.9 Å². The zero-order valence-electron chi connectivity index (χ0n) is 21.1. The number of carboxylic acid groups (broad SMARTS) is 1. The molecule has 0 aliphatic heterocycles.